The molecule has 0 saturated heterocycles. The first-order chi connectivity index (χ1) is 14.0. The molecule has 0 saturated carbocycles. The van der Waals surface area contributed by atoms with Gasteiger partial charge in [-0.25, -0.2) is 10.2 Å². The number of nitrogens with zero attached hydrogens (tertiary/aromatic N) is 3. The molecule has 9 nitrogen and oxygen atoms in total. The van der Waals surface area contributed by atoms with Crippen molar-refractivity contribution >= 4 is 41.3 Å². The SMILES string of the molecule is COc1cc(/C=N/Nc2nncc(=O)[nH]2)ccc1OC(=O)c1ccc(Cl)cc1Cl. The number of aromatic amines is 1. The van der Waals surface area contributed by atoms with E-state index in [4.69, 9.17) is 32.7 Å². The van der Waals surface area contributed by atoms with Crippen LogP contribution in [0.25, 0.3) is 0 Å². The van der Waals surface area contributed by atoms with Crippen LogP contribution >= 0.6 is 23.2 Å². The first-order valence-corrected chi connectivity index (χ1v) is 8.78. The number of ether oxygens (including phenoxy) is 2. The van der Waals surface area contributed by atoms with E-state index in [2.05, 4.69) is 25.7 Å². The monoisotopic (exact) mass is 433 g/mol. The van der Waals surface area contributed by atoms with Crippen LogP contribution in [0, 0.1) is 0 Å². The fraction of sp³-hybridized carbons (Fsp3) is 0.0556. The molecule has 0 unspecified atom stereocenters. The number of benzene rings is 2. The van der Waals surface area contributed by atoms with Crippen LogP contribution in [-0.4, -0.2) is 34.5 Å². The molecule has 0 bridgehead atoms. The minimum absolute atomic E-state index is 0.0890. The van der Waals surface area contributed by atoms with E-state index in [0.29, 0.717) is 16.3 Å². The van der Waals surface area contributed by atoms with Crippen LogP contribution in [0.4, 0.5) is 5.95 Å². The molecule has 148 valence electrons. The molecule has 0 aliphatic carbocycles. The Kier molecular flexibility index (Phi) is 6.43. The Morgan fingerprint density at radius 2 is 2.03 bits per heavy atom. The van der Waals surface area contributed by atoms with Gasteiger partial charge in [0.1, 0.15) is 6.20 Å². The molecule has 0 atom stereocenters. The average Bonchev–Trinajstić information content (AvgIpc) is 2.69. The lowest BCUT2D eigenvalue weighted by molar-refractivity contribution is 0.0730. The third-order valence-electron chi connectivity index (χ3n) is 3.50. The molecule has 2 N–H and O–H groups in total. The molecule has 0 amide bonds. The number of H-pyrrole nitrogens is 1. The number of aromatic nitrogens is 3. The van der Waals surface area contributed by atoms with Crippen LogP contribution in [0.5, 0.6) is 11.5 Å². The smallest absolute Gasteiger partial charge is 0.345 e. The summed E-state index contributed by atoms with van der Waals surface area (Å²) in [4.78, 5) is 25.9. The molecule has 2 aromatic carbocycles. The molecule has 0 aliphatic heterocycles. The first-order valence-electron chi connectivity index (χ1n) is 8.02. The molecule has 1 aromatic heterocycles. The molecule has 0 spiro atoms. The van der Waals surface area contributed by atoms with Gasteiger partial charge >= 0.3 is 5.97 Å². The number of hydrazone groups is 1. The van der Waals surface area contributed by atoms with Crippen molar-refractivity contribution in [3.8, 4) is 11.5 Å². The summed E-state index contributed by atoms with van der Waals surface area (Å²) in [5.41, 5.74) is 2.93. The van der Waals surface area contributed by atoms with Crippen LogP contribution in [0.15, 0.2) is 52.5 Å². The zero-order valence-electron chi connectivity index (χ0n) is 14.8. The van der Waals surface area contributed by atoms with Gasteiger partial charge in [0.15, 0.2) is 11.5 Å². The number of hydrogen-bond acceptors (Lipinski definition) is 8. The van der Waals surface area contributed by atoms with E-state index in [1.807, 2.05) is 0 Å². The highest BCUT2D eigenvalue weighted by molar-refractivity contribution is 6.36. The van der Waals surface area contributed by atoms with Crippen molar-refractivity contribution in [3.05, 3.63) is 74.1 Å². The van der Waals surface area contributed by atoms with Crippen molar-refractivity contribution in [2.24, 2.45) is 5.10 Å². The van der Waals surface area contributed by atoms with Gasteiger partial charge in [0.2, 0.25) is 5.95 Å². The fourth-order valence-corrected chi connectivity index (χ4v) is 2.68. The number of anilines is 1. The maximum atomic E-state index is 12.4. The second-order valence-electron chi connectivity index (χ2n) is 5.48. The predicted molar refractivity (Wildman–Crippen MR) is 108 cm³/mol. The van der Waals surface area contributed by atoms with Gasteiger partial charge in [-0.1, -0.05) is 23.2 Å². The van der Waals surface area contributed by atoms with E-state index in [0.717, 1.165) is 6.20 Å². The molecule has 3 rings (SSSR count). The molecule has 1 heterocycles. The molecule has 29 heavy (non-hydrogen) atoms. The lowest BCUT2D eigenvalue weighted by Crippen LogP contribution is -2.10. The Balaban J connectivity index is 1.73. The number of methoxy groups -OCH3 is 1. The molecule has 0 aliphatic rings. The summed E-state index contributed by atoms with van der Waals surface area (Å²) >= 11 is 11.9. The number of esters is 1. The fourth-order valence-electron chi connectivity index (χ4n) is 2.19. The lowest BCUT2D eigenvalue weighted by Gasteiger charge is -2.10. The van der Waals surface area contributed by atoms with Gasteiger partial charge in [0, 0.05) is 5.02 Å². The van der Waals surface area contributed by atoms with Gasteiger partial charge < -0.3 is 9.47 Å². The summed E-state index contributed by atoms with van der Waals surface area (Å²) in [7, 11) is 1.44. The summed E-state index contributed by atoms with van der Waals surface area (Å²) < 4.78 is 10.6. The number of hydrogen-bond donors (Lipinski definition) is 2. The molecule has 0 fully saturated rings. The Labute approximate surface area is 174 Å². The molecular formula is C18H13Cl2N5O4. The van der Waals surface area contributed by atoms with E-state index in [1.54, 1.807) is 18.2 Å². The molecule has 0 radical (unpaired) electrons. The van der Waals surface area contributed by atoms with Crippen LogP contribution < -0.4 is 20.5 Å². The number of carbonyl (C=O) groups is 1. The summed E-state index contributed by atoms with van der Waals surface area (Å²) in [5.74, 6) is -0.0575. The summed E-state index contributed by atoms with van der Waals surface area (Å²) in [6.07, 6.45) is 2.49. The second kappa shape index (κ2) is 9.18. The Hall–Kier alpha value is -3.43. The maximum absolute atomic E-state index is 12.4. The van der Waals surface area contributed by atoms with Crippen molar-refractivity contribution in [2.45, 2.75) is 0 Å². The lowest BCUT2D eigenvalue weighted by atomic mass is 10.2. The highest BCUT2D eigenvalue weighted by Gasteiger charge is 2.16. The van der Waals surface area contributed by atoms with E-state index in [-0.39, 0.29) is 22.3 Å². The van der Waals surface area contributed by atoms with Crippen LogP contribution in [-0.2, 0) is 0 Å². The standard InChI is InChI=1S/C18H13Cl2N5O4/c1-28-15-6-10(8-21-24-18-23-16(26)9-22-25-18)2-5-14(15)29-17(27)12-4-3-11(19)7-13(12)20/h2-9H,1H3,(H2,23,24,25,26)/b21-8+. The van der Waals surface area contributed by atoms with Gasteiger partial charge in [-0.15, -0.1) is 10.2 Å². The molecular weight excluding hydrogens is 421 g/mol. The van der Waals surface area contributed by atoms with E-state index < -0.39 is 11.5 Å². The van der Waals surface area contributed by atoms with Gasteiger partial charge in [0.25, 0.3) is 5.56 Å². The highest BCUT2D eigenvalue weighted by atomic mass is 35.5. The van der Waals surface area contributed by atoms with Gasteiger partial charge in [-0.2, -0.15) is 5.10 Å². The largest absolute Gasteiger partial charge is 0.493 e. The highest BCUT2D eigenvalue weighted by Crippen LogP contribution is 2.29. The number of rotatable bonds is 6. The Morgan fingerprint density at radius 3 is 2.76 bits per heavy atom. The maximum Gasteiger partial charge on any atom is 0.345 e. The first kappa shape index (κ1) is 20.3. The van der Waals surface area contributed by atoms with E-state index in [9.17, 15) is 9.59 Å². The number of carbonyl (C=O) groups excluding carboxylic acids is 1. The van der Waals surface area contributed by atoms with Crippen molar-refractivity contribution < 1.29 is 14.3 Å². The van der Waals surface area contributed by atoms with Gasteiger partial charge in [-0.3, -0.25) is 9.78 Å². The minimum Gasteiger partial charge on any atom is -0.493 e. The average molecular weight is 434 g/mol. The molecule has 11 heteroatoms. The van der Waals surface area contributed by atoms with E-state index >= 15 is 0 Å². The normalized spacial score (nSPS) is 10.7. The zero-order valence-corrected chi connectivity index (χ0v) is 16.4. The third kappa shape index (κ3) is 5.31. The van der Waals surface area contributed by atoms with Crippen molar-refractivity contribution in [2.75, 3.05) is 12.5 Å². The second-order valence-corrected chi connectivity index (χ2v) is 6.32. The molecule has 3 aromatic rings. The summed E-state index contributed by atoms with van der Waals surface area (Å²) in [6.45, 7) is 0. The number of halogens is 2. The third-order valence-corrected chi connectivity index (χ3v) is 4.05. The Bertz CT molecular complexity index is 1130. The van der Waals surface area contributed by atoms with Crippen LogP contribution in [0.1, 0.15) is 15.9 Å². The number of nitrogens with one attached hydrogen (secondary N) is 2. The van der Waals surface area contributed by atoms with Crippen molar-refractivity contribution in [1.29, 1.82) is 0 Å². The topological polar surface area (TPSA) is 119 Å². The van der Waals surface area contributed by atoms with Gasteiger partial charge in [0.05, 0.1) is 23.9 Å². The van der Waals surface area contributed by atoms with Crippen LogP contribution in [0.2, 0.25) is 10.0 Å². The van der Waals surface area contributed by atoms with Crippen molar-refractivity contribution in [1.82, 2.24) is 15.2 Å². The van der Waals surface area contributed by atoms with Crippen LogP contribution in [0.3, 0.4) is 0 Å². The minimum atomic E-state index is -0.653. The van der Waals surface area contributed by atoms with Gasteiger partial charge in [-0.05, 0) is 42.0 Å². The predicted octanol–water partition coefficient (Wildman–Crippen LogP) is 3.15. The Morgan fingerprint density at radius 1 is 1.21 bits per heavy atom. The quantitative estimate of drug-likeness (QED) is 0.265. The van der Waals surface area contributed by atoms with Crippen molar-refractivity contribution in [3.63, 3.8) is 0 Å². The van der Waals surface area contributed by atoms with E-state index in [1.165, 1.54) is 31.5 Å². The zero-order chi connectivity index (χ0) is 20.8. The summed E-state index contributed by atoms with van der Waals surface area (Å²) in [6, 6.07) is 9.27. The summed E-state index contributed by atoms with van der Waals surface area (Å²) in [5, 5.41) is 11.7.